The first-order chi connectivity index (χ1) is 8.03. The van der Waals surface area contributed by atoms with Crippen LogP contribution in [0.25, 0.3) is 0 Å². The molecule has 100 valence electrons. The van der Waals surface area contributed by atoms with Gasteiger partial charge in [0.2, 0.25) is 5.91 Å². The highest BCUT2D eigenvalue weighted by atomic mass is 16.3. The van der Waals surface area contributed by atoms with Crippen LogP contribution in [0.1, 0.15) is 32.6 Å². The molecule has 0 spiro atoms. The molecule has 0 radical (unpaired) electrons. The average Bonchev–Trinajstić information content (AvgIpc) is 2.69. The minimum Gasteiger partial charge on any atom is -0.396 e. The van der Waals surface area contributed by atoms with Gasteiger partial charge in [-0.25, -0.2) is 0 Å². The summed E-state index contributed by atoms with van der Waals surface area (Å²) in [6.45, 7) is 4.58. The van der Waals surface area contributed by atoms with E-state index < -0.39 is 5.60 Å². The van der Waals surface area contributed by atoms with Crippen molar-refractivity contribution in [2.24, 2.45) is 0 Å². The Balaban J connectivity index is 2.10. The summed E-state index contributed by atoms with van der Waals surface area (Å²) < 4.78 is 0. The topological polar surface area (TPSA) is 72.8 Å². The van der Waals surface area contributed by atoms with E-state index in [9.17, 15) is 9.90 Å². The van der Waals surface area contributed by atoms with E-state index in [4.69, 9.17) is 5.11 Å². The van der Waals surface area contributed by atoms with Crippen molar-refractivity contribution in [3.8, 4) is 0 Å². The Morgan fingerprint density at radius 1 is 1.35 bits per heavy atom. The van der Waals surface area contributed by atoms with E-state index in [0.717, 1.165) is 13.1 Å². The lowest BCUT2D eigenvalue weighted by Crippen LogP contribution is -2.38. The number of aliphatic hydroxyl groups is 2. The lowest BCUT2D eigenvalue weighted by Gasteiger charge is -2.22. The lowest BCUT2D eigenvalue weighted by molar-refractivity contribution is -0.122. The van der Waals surface area contributed by atoms with Crippen molar-refractivity contribution in [1.82, 2.24) is 10.2 Å². The monoisotopic (exact) mass is 244 g/mol. The number of hydrogen-bond donors (Lipinski definition) is 3. The van der Waals surface area contributed by atoms with Crippen LogP contribution >= 0.6 is 0 Å². The van der Waals surface area contributed by atoms with E-state index in [2.05, 4.69) is 10.2 Å². The number of hydrogen-bond acceptors (Lipinski definition) is 4. The molecule has 1 atom stereocenters. The smallest absolute Gasteiger partial charge is 0.234 e. The minimum atomic E-state index is -0.893. The van der Waals surface area contributed by atoms with Crippen LogP contribution < -0.4 is 5.32 Å². The largest absolute Gasteiger partial charge is 0.396 e. The van der Waals surface area contributed by atoms with Crippen LogP contribution in [0.4, 0.5) is 0 Å². The van der Waals surface area contributed by atoms with Gasteiger partial charge < -0.3 is 15.5 Å². The van der Waals surface area contributed by atoms with Gasteiger partial charge in [0.15, 0.2) is 0 Å². The number of carbonyl (C=O) groups is 1. The summed E-state index contributed by atoms with van der Waals surface area (Å²) in [6, 6.07) is 0. The van der Waals surface area contributed by atoms with Crippen molar-refractivity contribution < 1.29 is 15.0 Å². The number of nitrogens with one attached hydrogen (secondary N) is 1. The third-order valence-electron chi connectivity index (χ3n) is 3.20. The molecule has 1 heterocycles. The molecule has 1 aliphatic heterocycles. The lowest BCUT2D eigenvalue weighted by atomic mass is 9.99. The average molecular weight is 244 g/mol. The van der Waals surface area contributed by atoms with Gasteiger partial charge in [0, 0.05) is 13.2 Å². The molecule has 1 rings (SSSR count). The highest BCUT2D eigenvalue weighted by Gasteiger charge is 2.20. The molecule has 1 fully saturated rings. The second-order valence-electron chi connectivity index (χ2n) is 5.05. The third kappa shape index (κ3) is 6.00. The summed E-state index contributed by atoms with van der Waals surface area (Å²) in [5.74, 6) is 0.0201. The molecule has 17 heavy (non-hydrogen) atoms. The van der Waals surface area contributed by atoms with Crippen molar-refractivity contribution >= 4 is 5.91 Å². The van der Waals surface area contributed by atoms with Gasteiger partial charge in [0.05, 0.1) is 12.1 Å². The highest BCUT2D eigenvalue weighted by molar-refractivity contribution is 5.78. The van der Waals surface area contributed by atoms with Crippen LogP contribution in [0.15, 0.2) is 0 Å². The van der Waals surface area contributed by atoms with Crippen molar-refractivity contribution in [3.05, 3.63) is 0 Å². The van der Waals surface area contributed by atoms with Crippen LogP contribution in [0, 0.1) is 0 Å². The molecule has 0 aliphatic carbocycles. The number of carbonyl (C=O) groups excluding carboxylic acids is 1. The summed E-state index contributed by atoms with van der Waals surface area (Å²) in [5.41, 5.74) is -0.893. The second kappa shape index (κ2) is 6.93. The molecule has 0 saturated carbocycles. The molecule has 5 heteroatoms. The van der Waals surface area contributed by atoms with Crippen LogP contribution in [-0.4, -0.2) is 59.4 Å². The van der Waals surface area contributed by atoms with Gasteiger partial charge in [-0.15, -0.1) is 0 Å². The maximum Gasteiger partial charge on any atom is 0.234 e. The van der Waals surface area contributed by atoms with E-state index in [1.807, 2.05) is 0 Å². The quantitative estimate of drug-likeness (QED) is 0.576. The zero-order valence-corrected chi connectivity index (χ0v) is 10.6. The molecule has 1 unspecified atom stereocenters. The SMILES string of the molecule is CC(O)(CCO)CCNC(=O)CN1CCCC1. The van der Waals surface area contributed by atoms with E-state index >= 15 is 0 Å². The van der Waals surface area contributed by atoms with Crippen molar-refractivity contribution in [3.63, 3.8) is 0 Å². The van der Waals surface area contributed by atoms with E-state index in [1.54, 1.807) is 6.92 Å². The molecule has 0 aromatic heterocycles. The molecule has 1 saturated heterocycles. The molecular weight excluding hydrogens is 220 g/mol. The fourth-order valence-electron chi connectivity index (χ4n) is 2.04. The third-order valence-corrected chi connectivity index (χ3v) is 3.20. The molecule has 5 nitrogen and oxygen atoms in total. The van der Waals surface area contributed by atoms with Gasteiger partial charge in [-0.05, 0) is 45.7 Å². The summed E-state index contributed by atoms with van der Waals surface area (Å²) in [7, 11) is 0. The van der Waals surface area contributed by atoms with Gasteiger partial charge >= 0.3 is 0 Å². The van der Waals surface area contributed by atoms with Crippen molar-refractivity contribution in [2.75, 3.05) is 32.8 Å². The highest BCUT2D eigenvalue weighted by Crippen LogP contribution is 2.12. The first kappa shape index (κ1) is 14.4. The molecule has 0 aromatic rings. The Bertz CT molecular complexity index is 238. The Morgan fingerprint density at radius 3 is 2.59 bits per heavy atom. The van der Waals surface area contributed by atoms with Crippen LogP contribution in [0.5, 0.6) is 0 Å². The van der Waals surface area contributed by atoms with Crippen LogP contribution in [0.3, 0.4) is 0 Å². The molecular formula is C12H24N2O3. The molecule has 0 aromatic carbocycles. The number of aliphatic hydroxyl groups excluding tert-OH is 1. The molecule has 0 bridgehead atoms. The van der Waals surface area contributed by atoms with Gasteiger partial charge in [-0.2, -0.15) is 0 Å². The number of rotatable bonds is 7. The van der Waals surface area contributed by atoms with Crippen LogP contribution in [-0.2, 0) is 4.79 Å². The number of likely N-dealkylation sites (tertiary alicyclic amines) is 1. The number of nitrogens with zero attached hydrogens (tertiary/aromatic N) is 1. The Hall–Kier alpha value is -0.650. The minimum absolute atomic E-state index is 0.0201. The van der Waals surface area contributed by atoms with Gasteiger partial charge in [-0.3, -0.25) is 9.69 Å². The summed E-state index contributed by atoms with van der Waals surface area (Å²) >= 11 is 0. The fraction of sp³-hybridized carbons (Fsp3) is 0.917. The summed E-state index contributed by atoms with van der Waals surface area (Å²) in [5, 5.41) is 21.3. The zero-order valence-electron chi connectivity index (χ0n) is 10.6. The Morgan fingerprint density at radius 2 is 2.00 bits per heavy atom. The number of amides is 1. The van der Waals surface area contributed by atoms with Crippen molar-refractivity contribution in [1.29, 1.82) is 0 Å². The normalized spacial score (nSPS) is 20.2. The van der Waals surface area contributed by atoms with Crippen LogP contribution in [0.2, 0.25) is 0 Å². The second-order valence-corrected chi connectivity index (χ2v) is 5.05. The van der Waals surface area contributed by atoms with E-state index in [1.165, 1.54) is 12.8 Å². The fourth-order valence-corrected chi connectivity index (χ4v) is 2.04. The van der Waals surface area contributed by atoms with E-state index in [0.29, 0.717) is 25.9 Å². The predicted octanol–water partition coefficient (Wildman–Crippen LogP) is -0.278. The zero-order chi connectivity index (χ0) is 12.7. The molecule has 1 aliphatic rings. The standard InChI is InChI=1S/C12H24N2O3/c1-12(17,5-9-15)4-6-13-11(16)10-14-7-2-3-8-14/h15,17H,2-10H2,1H3,(H,13,16). The van der Waals surface area contributed by atoms with Gasteiger partial charge in [-0.1, -0.05) is 0 Å². The maximum atomic E-state index is 11.6. The first-order valence-electron chi connectivity index (χ1n) is 6.36. The van der Waals surface area contributed by atoms with Gasteiger partial charge in [0.25, 0.3) is 0 Å². The summed E-state index contributed by atoms with van der Waals surface area (Å²) in [6.07, 6.45) is 3.17. The predicted molar refractivity (Wildman–Crippen MR) is 65.6 cm³/mol. The summed E-state index contributed by atoms with van der Waals surface area (Å²) in [4.78, 5) is 13.7. The Kier molecular flexibility index (Phi) is 5.88. The van der Waals surface area contributed by atoms with Crippen molar-refractivity contribution in [2.45, 2.75) is 38.2 Å². The molecule has 1 amide bonds. The molecule has 3 N–H and O–H groups in total. The van der Waals surface area contributed by atoms with Gasteiger partial charge in [0.1, 0.15) is 0 Å². The Labute approximate surface area is 103 Å². The first-order valence-corrected chi connectivity index (χ1v) is 6.36. The maximum absolute atomic E-state index is 11.6. The van der Waals surface area contributed by atoms with E-state index in [-0.39, 0.29) is 12.5 Å².